The maximum absolute atomic E-state index is 6.13. The highest BCUT2D eigenvalue weighted by Gasteiger charge is 2.45. The number of aromatic nitrogens is 1. The summed E-state index contributed by atoms with van der Waals surface area (Å²) in [6, 6.07) is 8.20. The SMILES string of the molecule is c1cncc(O[C@@H]2CN(Cc3ccco3)[C@@H]3CCCO[C@@H]32)c1. The summed E-state index contributed by atoms with van der Waals surface area (Å²) in [4.78, 5) is 6.54. The van der Waals surface area contributed by atoms with E-state index in [1.165, 1.54) is 0 Å². The van der Waals surface area contributed by atoms with Gasteiger partial charge in [0, 0.05) is 25.4 Å². The molecule has 0 N–H and O–H groups in total. The van der Waals surface area contributed by atoms with Gasteiger partial charge in [-0.25, -0.2) is 0 Å². The van der Waals surface area contributed by atoms with E-state index in [1.807, 2.05) is 24.3 Å². The number of rotatable bonds is 4. The molecule has 2 fully saturated rings. The number of nitrogens with zero attached hydrogens (tertiary/aromatic N) is 2. The van der Waals surface area contributed by atoms with E-state index in [0.717, 1.165) is 44.0 Å². The second kappa shape index (κ2) is 6.10. The number of fused-ring (bicyclic) bond motifs is 1. The Balaban J connectivity index is 1.50. The Morgan fingerprint density at radius 2 is 2.32 bits per heavy atom. The number of hydrogen-bond acceptors (Lipinski definition) is 5. The zero-order valence-corrected chi connectivity index (χ0v) is 12.4. The zero-order chi connectivity index (χ0) is 14.8. The number of furan rings is 1. The van der Waals surface area contributed by atoms with Crippen LogP contribution in [-0.4, -0.2) is 41.3 Å². The van der Waals surface area contributed by atoms with Crippen LogP contribution in [-0.2, 0) is 11.3 Å². The van der Waals surface area contributed by atoms with Gasteiger partial charge in [0.15, 0.2) is 0 Å². The van der Waals surface area contributed by atoms with Crippen LogP contribution in [0.1, 0.15) is 18.6 Å². The highest BCUT2D eigenvalue weighted by atomic mass is 16.5. The molecule has 22 heavy (non-hydrogen) atoms. The maximum Gasteiger partial charge on any atom is 0.139 e. The largest absolute Gasteiger partial charge is 0.485 e. The molecule has 2 aliphatic rings. The van der Waals surface area contributed by atoms with E-state index in [4.69, 9.17) is 13.9 Å². The molecule has 116 valence electrons. The van der Waals surface area contributed by atoms with Crippen molar-refractivity contribution in [2.24, 2.45) is 0 Å². The molecule has 5 heteroatoms. The lowest BCUT2D eigenvalue weighted by Gasteiger charge is -2.31. The molecule has 2 saturated heterocycles. The maximum atomic E-state index is 6.13. The van der Waals surface area contributed by atoms with Crippen molar-refractivity contribution in [3.8, 4) is 5.75 Å². The second-order valence-corrected chi connectivity index (χ2v) is 5.90. The number of pyridine rings is 1. The van der Waals surface area contributed by atoms with Gasteiger partial charge in [-0.05, 0) is 37.1 Å². The molecule has 0 bridgehead atoms. The summed E-state index contributed by atoms with van der Waals surface area (Å²) in [6.07, 6.45) is 7.67. The second-order valence-electron chi connectivity index (χ2n) is 5.90. The first kappa shape index (κ1) is 13.8. The Labute approximate surface area is 129 Å². The molecule has 2 aromatic heterocycles. The molecule has 2 aromatic rings. The molecule has 0 amide bonds. The summed E-state index contributed by atoms with van der Waals surface area (Å²) in [7, 11) is 0. The van der Waals surface area contributed by atoms with E-state index in [-0.39, 0.29) is 12.2 Å². The van der Waals surface area contributed by atoms with Gasteiger partial charge >= 0.3 is 0 Å². The third kappa shape index (κ3) is 2.74. The molecule has 0 saturated carbocycles. The molecule has 0 unspecified atom stereocenters. The van der Waals surface area contributed by atoms with Crippen LogP contribution in [0.15, 0.2) is 47.3 Å². The average molecular weight is 300 g/mol. The van der Waals surface area contributed by atoms with Gasteiger partial charge in [0.2, 0.25) is 0 Å². The minimum Gasteiger partial charge on any atom is -0.485 e. The monoisotopic (exact) mass is 300 g/mol. The van der Waals surface area contributed by atoms with Crippen molar-refractivity contribution in [3.63, 3.8) is 0 Å². The lowest BCUT2D eigenvalue weighted by molar-refractivity contribution is -0.0475. The third-order valence-corrected chi connectivity index (χ3v) is 4.44. The van der Waals surface area contributed by atoms with Crippen LogP contribution >= 0.6 is 0 Å². The van der Waals surface area contributed by atoms with Crippen molar-refractivity contribution in [2.75, 3.05) is 13.2 Å². The van der Waals surface area contributed by atoms with Crippen molar-refractivity contribution in [1.82, 2.24) is 9.88 Å². The Morgan fingerprint density at radius 3 is 3.14 bits per heavy atom. The Hall–Kier alpha value is -1.85. The van der Waals surface area contributed by atoms with Gasteiger partial charge in [0.1, 0.15) is 23.7 Å². The average Bonchev–Trinajstić information content (AvgIpc) is 3.18. The highest BCUT2D eigenvalue weighted by Crippen LogP contribution is 2.32. The molecule has 0 aromatic carbocycles. The van der Waals surface area contributed by atoms with Crippen LogP contribution < -0.4 is 4.74 Å². The number of likely N-dealkylation sites (tertiary alicyclic amines) is 1. The van der Waals surface area contributed by atoms with Crippen LogP contribution in [0.25, 0.3) is 0 Å². The zero-order valence-electron chi connectivity index (χ0n) is 12.4. The fourth-order valence-corrected chi connectivity index (χ4v) is 3.48. The van der Waals surface area contributed by atoms with Gasteiger partial charge in [-0.1, -0.05) is 0 Å². The number of ether oxygens (including phenoxy) is 2. The lowest BCUT2D eigenvalue weighted by atomic mass is 10.0. The minimum absolute atomic E-state index is 0.0458. The van der Waals surface area contributed by atoms with E-state index in [2.05, 4.69) is 9.88 Å². The van der Waals surface area contributed by atoms with Gasteiger partial charge in [0.05, 0.1) is 19.0 Å². The van der Waals surface area contributed by atoms with Crippen molar-refractivity contribution in [2.45, 2.75) is 37.6 Å². The van der Waals surface area contributed by atoms with E-state index in [1.54, 1.807) is 18.7 Å². The van der Waals surface area contributed by atoms with E-state index in [0.29, 0.717) is 6.04 Å². The molecule has 2 aliphatic heterocycles. The molecule has 0 radical (unpaired) electrons. The first-order chi connectivity index (χ1) is 10.9. The first-order valence-electron chi connectivity index (χ1n) is 7.85. The van der Waals surface area contributed by atoms with Gasteiger partial charge in [-0.3, -0.25) is 9.88 Å². The van der Waals surface area contributed by atoms with Crippen LogP contribution in [0.3, 0.4) is 0 Å². The molecule has 3 atom stereocenters. The van der Waals surface area contributed by atoms with Crippen LogP contribution in [0, 0.1) is 0 Å². The van der Waals surface area contributed by atoms with Crippen LogP contribution in [0.2, 0.25) is 0 Å². The van der Waals surface area contributed by atoms with Gasteiger partial charge < -0.3 is 13.9 Å². The topological polar surface area (TPSA) is 47.7 Å². The summed E-state index contributed by atoms with van der Waals surface area (Å²) in [5.41, 5.74) is 0. The van der Waals surface area contributed by atoms with Crippen LogP contribution in [0.5, 0.6) is 5.75 Å². The Bertz CT molecular complexity index is 587. The molecule has 4 rings (SSSR count). The molecular formula is C17H20N2O3. The molecular weight excluding hydrogens is 280 g/mol. The molecule has 0 spiro atoms. The van der Waals surface area contributed by atoms with Crippen molar-refractivity contribution < 1.29 is 13.9 Å². The van der Waals surface area contributed by atoms with Crippen molar-refractivity contribution in [3.05, 3.63) is 48.7 Å². The standard InChI is InChI=1S/C17H20N2O3/c1-4-13(10-18-7-1)22-16-12-19(11-14-5-2-8-20-14)15-6-3-9-21-17(15)16/h1-2,4-5,7-8,10,15-17H,3,6,9,11-12H2/t15-,16-,17+/m1/s1. The minimum atomic E-state index is 0.0458. The van der Waals surface area contributed by atoms with E-state index >= 15 is 0 Å². The quantitative estimate of drug-likeness (QED) is 0.868. The fraction of sp³-hybridized carbons (Fsp3) is 0.471. The van der Waals surface area contributed by atoms with Crippen LogP contribution in [0.4, 0.5) is 0 Å². The normalized spacial score (nSPS) is 28.5. The molecule has 0 aliphatic carbocycles. The molecule has 5 nitrogen and oxygen atoms in total. The number of hydrogen-bond donors (Lipinski definition) is 0. The predicted molar refractivity (Wildman–Crippen MR) is 80.5 cm³/mol. The molecule has 4 heterocycles. The summed E-state index contributed by atoms with van der Waals surface area (Å²) in [5.74, 6) is 1.80. The summed E-state index contributed by atoms with van der Waals surface area (Å²) < 4.78 is 17.6. The van der Waals surface area contributed by atoms with Gasteiger partial charge in [-0.15, -0.1) is 0 Å². The van der Waals surface area contributed by atoms with Gasteiger partial charge in [-0.2, -0.15) is 0 Å². The smallest absolute Gasteiger partial charge is 0.139 e. The van der Waals surface area contributed by atoms with E-state index in [9.17, 15) is 0 Å². The first-order valence-corrected chi connectivity index (χ1v) is 7.85. The summed E-state index contributed by atoms with van der Waals surface area (Å²) >= 11 is 0. The highest BCUT2D eigenvalue weighted by molar-refractivity contribution is 5.17. The van der Waals surface area contributed by atoms with E-state index < -0.39 is 0 Å². The predicted octanol–water partition coefficient (Wildman–Crippen LogP) is 2.49. The van der Waals surface area contributed by atoms with Crippen molar-refractivity contribution >= 4 is 0 Å². The summed E-state index contributed by atoms with van der Waals surface area (Å²) in [6.45, 7) is 2.48. The third-order valence-electron chi connectivity index (χ3n) is 4.44. The summed E-state index contributed by atoms with van der Waals surface area (Å²) in [5, 5.41) is 0. The lowest BCUT2D eigenvalue weighted by Crippen LogP contribution is -2.42. The van der Waals surface area contributed by atoms with Gasteiger partial charge in [0.25, 0.3) is 0 Å². The Kier molecular flexibility index (Phi) is 3.83. The van der Waals surface area contributed by atoms with Crippen molar-refractivity contribution in [1.29, 1.82) is 0 Å². The fourth-order valence-electron chi connectivity index (χ4n) is 3.48. The Morgan fingerprint density at radius 1 is 1.32 bits per heavy atom.